The lowest BCUT2D eigenvalue weighted by atomic mass is 10.1. The van der Waals surface area contributed by atoms with Crippen LogP contribution in [0.3, 0.4) is 0 Å². The maximum atomic E-state index is 12.2. The van der Waals surface area contributed by atoms with Crippen molar-refractivity contribution in [3.05, 3.63) is 75.5 Å². The number of nitriles is 1. The van der Waals surface area contributed by atoms with Gasteiger partial charge >= 0.3 is 12.0 Å². The standard InChI is InChI=1S/C19H11BrClN5O3/c20-12-9-23-19(24-10-12)29-16-6-5-13(7-15(16)21)25-18(28)26-17(27)14-4-2-1-3-11(14)8-22/h1-7,9-10H,(H2,25,26,27,28). The van der Waals surface area contributed by atoms with E-state index in [-0.39, 0.29) is 22.2 Å². The number of anilines is 1. The molecule has 0 aliphatic heterocycles. The van der Waals surface area contributed by atoms with Crippen LogP contribution in [0.1, 0.15) is 15.9 Å². The third-order valence-electron chi connectivity index (χ3n) is 3.51. The number of halogens is 2. The molecule has 3 aromatic rings. The minimum atomic E-state index is -0.774. The number of nitrogens with one attached hydrogen (secondary N) is 2. The van der Waals surface area contributed by atoms with Crippen LogP contribution in [0.4, 0.5) is 10.5 Å². The summed E-state index contributed by atoms with van der Waals surface area (Å²) in [7, 11) is 0. The van der Waals surface area contributed by atoms with Crippen LogP contribution >= 0.6 is 27.5 Å². The summed E-state index contributed by atoms with van der Waals surface area (Å²) < 4.78 is 6.19. The van der Waals surface area contributed by atoms with Crippen LogP contribution in [0.2, 0.25) is 5.02 Å². The van der Waals surface area contributed by atoms with Crippen molar-refractivity contribution in [2.24, 2.45) is 0 Å². The van der Waals surface area contributed by atoms with Gasteiger partial charge in [0.2, 0.25) is 0 Å². The molecular formula is C19H11BrClN5O3. The van der Waals surface area contributed by atoms with Crippen LogP contribution in [0.15, 0.2) is 59.3 Å². The molecule has 2 aromatic carbocycles. The summed E-state index contributed by atoms with van der Waals surface area (Å²) in [5.41, 5.74) is 0.594. The number of ether oxygens (including phenoxy) is 1. The third kappa shape index (κ3) is 5.28. The highest BCUT2D eigenvalue weighted by atomic mass is 79.9. The maximum Gasteiger partial charge on any atom is 0.326 e. The van der Waals surface area contributed by atoms with Crippen LogP contribution in [-0.2, 0) is 0 Å². The Hall–Kier alpha value is -3.48. The molecule has 2 N–H and O–H groups in total. The minimum absolute atomic E-state index is 0.0985. The van der Waals surface area contributed by atoms with Gasteiger partial charge in [-0.1, -0.05) is 23.7 Å². The van der Waals surface area contributed by atoms with Gasteiger partial charge in [0.15, 0.2) is 0 Å². The molecule has 0 unspecified atom stereocenters. The van der Waals surface area contributed by atoms with Crippen molar-refractivity contribution in [2.75, 3.05) is 5.32 Å². The molecule has 0 saturated heterocycles. The number of hydrogen-bond acceptors (Lipinski definition) is 6. The molecule has 29 heavy (non-hydrogen) atoms. The highest BCUT2D eigenvalue weighted by molar-refractivity contribution is 9.10. The molecule has 10 heteroatoms. The fraction of sp³-hybridized carbons (Fsp3) is 0. The normalized spacial score (nSPS) is 9.97. The average Bonchev–Trinajstić information content (AvgIpc) is 2.71. The number of rotatable bonds is 4. The van der Waals surface area contributed by atoms with E-state index in [1.165, 1.54) is 42.7 Å². The Bertz CT molecular complexity index is 1120. The highest BCUT2D eigenvalue weighted by Crippen LogP contribution is 2.30. The molecule has 3 rings (SSSR count). The number of hydrogen-bond donors (Lipinski definition) is 2. The Labute approximate surface area is 178 Å². The van der Waals surface area contributed by atoms with Crippen LogP contribution in [0.25, 0.3) is 0 Å². The number of amides is 3. The molecule has 0 bridgehead atoms. The van der Waals surface area contributed by atoms with Gasteiger partial charge in [0.05, 0.1) is 26.7 Å². The predicted octanol–water partition coefficient (Wildman–Crippen LogP) is 4.52. The van der Waals surface area contributed by atoms with Crippen molar-refractivity contribution in [3.8, 4) is 17.8 Å². The van der Waals surface area contributed by atoms with Gasteiger partial charge in [-0.15, -0.1) is 0 Å². The first-order chi connectivity index (χ1) is 14.0. The maximum absolute atomic E-state index is 12.2. The number of benzene rings is 2. The zero-order chi connectivity index (χ0) is 20.8. The van der Waals surface area contributed by atoms with Gasteiger partial charge in [0.25, 0.3) is 5.91 Å². The van der Waals surface area contributed by atoms with Crippen molar-refractivity contribution >= 4 is 45.2 Å². The van der Waals surface area contributed by atoms with Crippen LogP contribution < -0.4 is 15.4 Å². The van der Waals surface area contributed by atoms with E-state index in [1.54, 1.807) is 12.1 Å². The fourth-order valence-corrected chi connectivity index (χ4v) is 2.65. The van der Waals surface area contributed by atoms with E-state index in [0.29, 0.717) is 15.9 Å². The minimum Gasteiger partial charge on any atom is -0.423 e. The van der Waals surface area contributed by atoms with Gasteiger partial charge in [-0.2, -0.15) is 5.26 Å². The third-order valence-corrected chi connectivity index (χ3v) is 4.21. The largest absolute Gasteiger partial charge is 0.423 e. The fourth-order valence-electron chi connectivity index (χ4n) is 2.22. The molecule has 0 aliphatic carbocycles. The summed E-state index contributed by atoms with van der Waals surface area (Å²) in [6.45, 7) is 0. The van der Waals surface area contributed by atoms with E-state index >= 15 is 0 Å². The average molecular weight is 473 g/mol. The number of carbonyl (C=O) groups is 2. The van der Waals surface area contributed by atoms with E-state index < -0.39 is 11.9 Å². The molecule has 1 heterocycles. The van der Waals surface area contributed by atoms with Crippen molar-refractivity contribution in [2.45, 2.75) is 0 Å². The Balaban J connectivity index is 1.65. The zero-order valence-electron chi connectivity index (χ0n) is 14.5. The zero-order valence-corrected chi connectivity index (χ0v) is 16.9. The first kappa shape index (κ1) is 20.3. The molecule has 0 fully saturated rings. The molecule has 0 aliphatic rings. The molecule has 0 spiro atoms. The summed E-state index contributed by atoms with van der Waals surface area (Å²) in [4.78, 5) is 32.2. The van der Waals surface area contributed by atoms with Crippen LogP contribution in [0, 0.1) is 11.3 Å². The van der Waals surface area contributed by atoms with Gasteiger partial charge in [-0.05, 0) is 46.3 Å². The molecule has 0 radical (unpaired) electrons. The Morgan fingerprint density at radius 3 is 2.55 bits per heavy atom. The molecule has 3 amide bonds. The lowest BCUT2D eigenvalue weighted by molar-refractivity contribution is 0.0967. The molecule has 0 atom stereocenters. The first-order valence-electron chi connectivity index (χ1n) is 8.02. The van der Waals surface area contributed by atoms with Gasteiger partial charge in [-0.25, -0.2) is 14.8 Å². The Kier molecular flexibility index (Phi) is 6.39. The van der Waals surface area contributed by atoms with Gasteiger partial charge < -0.3 is 10.1 Å². The second-order valence-electron chi connectivity index (χ2n) is 5.50. The van der Waals surface area contributed by atoms with Gasteiger partial charge in [-0.3, -0.25) is 10.1 Å². The van der Waals surface area contributed by atoms with Crippen molar-refractivity contribution in [1.29, 1.82) is 5.26 Å². The number of nitrogens with zero attached hydrogens (tertiary/aromatic N) is 3. The molecular weight excluding hydrogens is 462 g/mol. The monoisotopic (exact) mass is 471 g/mol. The summed E-state index contributed by atoms with van der Waals surface area (Å²) in [6.07, 6.45) is 3.05. The van der Waals surface area contributed by atoms with Crippen LogP contribution in [-0.4, -0.2) is 21.9 Å². The molecule has 144 valence electrons. The predicted molar refractivity (Wildman–Crippen MR) is 109 cm³/mol. The number of imide groups is 1. The first-order valence-corrected chi connectivity index (χ1v) is 9.20. The molecule has 0 saturated carbocycles. The number of aromatic nitrogens is 2. The summed E-state index contributed by atoms with van der Waals surface area (Å²) in [6, 6.07) is 11.9. The van der Waals surface area contributed by atoms with E-state index in [2.05, 4.69) is 36.5 Å². The number of urea groups is 1. The topological polar surface area (TPSA) is 117 Å². The van der Waals surface area contributed by atoms with E-state index in [9.17, 15) is 9.59 Å². The van der Waals surface area contributed by atoms with E-state index in [1.807, 2.05) is 6.07 Å². The van der Waals surface area contributed by atoms with Crippen LogP contribution in [0.5, 0.6) is 11.8 Å². The Morgan fingerprint density at radius 2 is 1.86 bits per heavy atom. The number of carbonyl (C=O) groups excluding carboxylic acids is 2. The summed E-state index contributed by atoms with van der Waals surface area (Å²) >= 11 is 9.40. The summed E-state index contributed by atoms with van der Waals surface area (Å²) in [5, 5.41) is 13.9. The van der Waals surface area contributed by atoms with E-state index in [0.717, 1.165) is 0 Å². The van der Waals surface area contributed by atoms with Gasteiger partial charge in [0, 0.05) is 18.1 Å². The SMILES string of the molecule is N#Cc1ccccc1C(=O)NC(=O)Nc1ccc(Oc2ncc(Br)cn2)c(Cl)c1. The highest BCUT2D eigenvalue weighted by Gasteiger charge is 2.14. The summed E-state index contributed by atoms with van der Waals surface area (Å²) in [5.74, 6) is -0.406. The Morgan fingerprint density at radius 1 is 1.14 bits per heavy atom. The van der Waals surface area contributed by atoms with Gasteiger partial charge in [0.1, 0.15) is 5.75 Å². The smallest absolute Gasteiger partial charge is 0.326 e. The quantitative estimate of drug-likeness (QED) is 0.576. The van der Waals surface area contributed by atoms with Crippen molar-refractivity contribution in [3.63, 3.8) is 0 Å². The van der Waals surface area contributed by atoms with E-state index in [4.69, 9.17) is 21.6 Å². The molecule has 1 aromatic heterocycles. The molecule has 8 nitrogen and oxygen atoms in total. The van der Waals surface area contributed by atoms with Crippen molar-refractivity contribution in [1.82, 2.24) is 15.3 Å². The lowest BCUT2D eigenvalue weighted by Crippen LogP contribution is -2.34. The lowest BCUT2D eigenvalue weighted by Gasteiger charge is -2.10. The van der Waals surface area contributed by atoms with Crippen molar-refractivity contribution < 1.29 is 14.3 Å². The second kappa shape index (κ2) is 9.14. The second-order valence-corrected chi connectivity index (χ2v) is 6.82.